The van der Waals surface area contributed by atoms with Crippen LogP contribution in [0.5, 0.6) is 0 Å². The first kappa shape index (κ1) is 9.53. The largest absolute Gasteiger partial charge is 0.368 e. The van der Waals surface area contributed by atoms with Gasteiger partial charge < -0.3 is 10.6 Å². The first-order chi connectivity index (χ1) is 6.83. The third-order valence-corrected chi connectivity index (χ3v) is 3.31. The van der Waals surface area contributed by atoms with Crippen LogP contribution in [-0.2, 0) is 0 Å². The molecule has 2 rings (SSSR count). The monoisotopic (exact) mass is 190 g/mol. The smallest absolute Gasteiger partial charge is 0.0368 e. The number of anilines is 1. The van der Waals surface area contributed by atoms with Crippen molar-refractivity contribution in [1.82, 2.24) is 0 Å². The van der Waals surface area contributed by atoms with Gasteiger partial charge in [0.05, 0.1) is 0 Å². The van der Waals surface area contributed by atoms with Crippen LogP contribution < -0.4 is 10.6 Å². The van der Waals surface area contributed by atoms with Crippen LogP contribution >= 0.6 is 0 Å². The Hall–Kier alpha value is -1.02. The lowest BCUT2D eigenvalue weighted by Gasteiger charge is -2.26. The Morgan fingerprint density at radius 2 is 2.07 bits per heavy atom. The van der Waals surface area contributed by atoms with Crippen molar-refractivity contribution < 1.29 is 0 Å². The first-order valence-corrected chi connectivity index (χ1v) is 5.34. The zero-order valence-corrected chi connectivity index (χ0v) is 8.69. The van der Waals surface area contributed by atoms with Gasteiger partial charge in [0.25, 0.3) is 0 Å². The summed E-state index contributed by atoms with van der Waals surface area (Å²) in [6.07, 6.45) is 1.23. The van der Waals surface area contributed by atoms with Crippen molar-refractivity contribution in [2.24, 2.45) is 11.7 Å². The van der Waals surface area contributed by atoms with Crippen molar-refractivity contribution in [3.63, 3.8) is 0 Å². The molecule has 1 heterocycles. The first-order valence-electron chi connectivity index (χ1n) is 5.34. The van der Waals surface area contributed by atoms with Gasteiger partial charge in [0.1, 0.15) is 0 Å². The Morgan fingerprint density at radius 3 is 2.64 bits per heavy atom. The van der Waals surface area contributed by atoms with Gasteiger partial charge in [-0.15, -0.1) is 0 Å². The van der Waals surface area contributed by atoms with Gasteiger partial charge in [-0.1, -0.05) is 18.2 Å². The lowest BCUT2D eigenvalue weighted by Crippen LogP contribution is -2.32. The topological polar surface area (TPSA) is 29.3 Å². The number of nitrogens with zero attached hydrogens (tertiary/aromatic N) is 1. The molecule has 0 spiro atoms. The highest BCUT2D eigenvalue weighted by Crippen LogP contribution is 2.28. The number of hydrogen-bond acceptors (Lipinski definition) is 2. The van der Waals surface area contributed by atoms with Crippen LogP contribution in [0.2, 0.25) is 0 Å². The highest BCUT2D eigenvalue weighted by atomic mass is 15.2. The van der Waals surface area contributed by atoms with E-state index in [1.54, 1.807) is 0 Å². The maximum atomic E-state index is 5.74. The van der Waals surface area contributed by atoms with Crippen LogP contribution in [0.4, 0.5) is 5.69 Å². The second-order valence-electron chi connectivity index (χ2n) is 4.05. The molecule has 0 aromatic heterocycles. The van der Waals surface area contributed by atoms with Crippen LogP contribution in [0, 0.1) is 5.92 Å². The molecule has 1 aromatic rings. The molecule has 14 heavy (non-hydrogen) atoms. The Balaban J connectivity index is 2.14. The molecule has 1 aliphatic heterocycles. The fourth-order valence-corrected chi connectivity index (χ4v) is 2.30. The Morgan fingerprint density at radius 1 is 1.36 bits per heavy atom. The van der Waals surface area contributed by atoms with Gasteiger partial charge in [-0.2, -0.15) is 0 Å². The number of nitrogens with two attached hydrogens (primary N) is 1. The molecule has 2 atom stereocenters. The summed E-state index contributed by atoms with van der Waals surface area (Å²) in [5, 5.41) is 0. The standard InChI is InChI=1S/C12H18N2/c1-10-11(9-13)7-8-14(10)12-5-3-2-4-6-12/h2-6,10-11H,7-9,13H2,1H3. The van der Waals surface area contributed by atoms with E-state index in [0.29, 0.717) is 12.0 Å². The molecule has 1 aromatic carbocycles. The molecule has 0 bridgehead atoms. The quantitative estimate of drug-likeness (QED) is 0.771. The second-order valence-corrected chi connectivity index (χ2v) is 4.05. The molecule has 76 valence electrons. The Bertz CT molecular complexity index is 284. The molecule has 2 unspecified atom stereocenters. The van der Waals surface area contributed by atoms with Gasteiger partial charge in [0.15, 0.2) is 0 Å². The van der Waals surface area contributed by atoms with Crippen LogP contribution in [0.25, 0.3) is 0 Å². The fraction of sp³-hybridized carbons (Fsp3) is 0.500. The lowest BCUT2D eigenvalue weighted by molar-refractivity contribution is 0.508. The van der Waals surface area contributed by atoms with Gasteiger partial charge in [-0.25, -0.2) is 0 Å². The Kier molecular flexibility index (Phi) is 2.73. The second kappa shape index (κ2) is 4.01. The zero-order chi connectivity index (χ0) is 9.97. The van der Waals surface area contributed by atoms with Crippen LogP contribution in [0.1, 0.15) is 13.3 Å². The third kappa shape index (κ3) is 1.62. The summed E-state index contributed by atoms with van der Waals surface area (Å²) in [7, 11) is 0. The van der Waals surface area contributed by atoms with Crippen LogP contribution in [0.15, 0.2) is 30.3 Å². The summed E-state index contributed by atoms with van der Waals surface area (Å²) in [4.78, 5) is 2.46. The molecule has 0 amide bonds. The summed E-state index contributed by atoms with van der Waals surface area (Å²) < 4.78 is 0. The van der Waals surface area contributed by atoms with E-state index in [1.165, 1.54) is 12.1 Å². The predicted molar refractivity (Wildman–Crippen MR) is 60.4 cm³/mol. The van der Waals surface area contributed by atoms with E-state index in [4.69, 9.17) is 5.73 Å². The summed E-state index contributed by atoms with van der Waals surface area (Å²) >= 11 is 0. The molecule has 0 saturated carbocycles. The number of benzene rings is 1. The van der Waals surface area contributed by atoms with Crippen molar-refractivity contribution >= 4 is 5.69 Å². The molecule has 0 aliphatic carbocycles. The molecule has 1 saturated heterocycles. The summed E-state index contributed by atoms with van der Waals surface area (Å²) in [5.41, 5.74) is 7.07. The van der Waals surface area contributed by atoms with Gasteiger partial charge in [-0.3, -0.25) is 0 Å². The van der Waals surface area contributed by atoms with E-state index >= 15 is 0 Å². The average molecular weight is 190 g/mol. The maximum absolute atomic E-state index is 5.74. The number of para-hydroxylation sites is 1. The van der Waals surface area contributed by atoms with E-state index in [2.05, 4.69) is 42.2 Å². The lowest BCUT2D eigenvalue weighted by atomic mass is 10.0. The van der Waals surface area contributed by atoms with Gasteiger partial charge in [-0.05, 0) is 37.9 Å². The van der Waals surface area contributed by atoms with E-state index < -0.39 is 0 Å². The van der Waals surface area contributed by atoms with Gasteiger partial charge in [0.2, 0.25) is 0 Å². The van der Waals surface area contributed by atoms with Crippen molar-refractivity contribution in [3.05, 3.63) is 30.3 Å². The maximum Gasteiger partial charge on any atom is 0.0368 e. The normalized spacial score (nSPS) is 26.9. The SMILES string of the molecule is CC1C(CN)CCN1c1ccccc1. The molecular formula is C12H18N2. The number of rotatable bonds is 2. The molecule has 2 heteroatoms. The zero-order valence-electron chi connectivity index (χ0n) is 8.69. The Labute approximate surface area is 85.7 Å². The van der Waals surface area contributed by atoms with Crippen LogP contribution in [0.3, 0.4) is 0 Å². The minimum absolute atomic E-state index is 0.586. The number of hydrogen-bond donors (Lipinski definition) is 1. The third-order valence-electron chi connectivity index (χ3n) is 3.31. The summed E-state index contributed by atoms with van der Waals surface area (Å²) in [6.45, 7) is 4.23. The fourth-order valence-electron chi connectivity index (χ4n) is 2.30. The highest BCUT2D eigenvalue weighted by Gasteiger charge is 2.29. The van der Waals surface area contributed by atoms with E-state index in [9.17, 15) is 0 Å². The van der Waals surface area contributed by atoms with Crippen molar-refractivity contribution in [1.29, 1.82) is 0 Å². The van der Waals surface area contributed by atoms with E-state index in [0.717, 1.165) is 13.1 Å². The highest BCUT2D eigenvalue weighted by molar-refractivity contribution is 5.48. The average Bonchev–Trinajstić information content (AvgIpc) is 2.61. The minimum Gasteiger partial charge on any atom is -0.368 e. The van der Waals surface area contributed by atoms with Crippen molar-refractivity contribution in [2.75, 3.05) is 18.0 Å². The van der Waals surface area contributed by atoms with Crippen LogP contribution in [-0.4, -0.2) is 19.1 Å². The molecule has 1 aliphatic rings. The molecule has 2 nitrogen and oxygen atoms in total. The van der Waals surface area contributed by atoms with E-state index in [-0.39, 0.29) is 0 Å². The van der Waals surface area contributed by atoms with Crippen molar-refractivity contribution in [2.45, 2.75) is 19.4 Å². The molecule has 2 N–H and O–H groups in total. The van der Waals surface area contributed by atoms with Crippen molar-refractivity contribution in [3.8, 4) is 0 Å². The van der Waals surface area contributed by atoms with Gasteiger partial charge in [0, 0.05) is 18.3 Å². The summed E-state index contributed by atoms with van der Waals surface area (Å²) in [6, 6.07) is 11.2. The predicted octanol–water partition coefficient (Wildman–Crippen LogP) is 1.86. The minimum atomic E-state index is 0.586. The molecular weight excluding hydrogens is 172 g/mol. The molecule has 0 radical (unpaired) electrons. The molecule has 1 fully saturated rings. The van der Waals surface area contributed by atoms with E-state index in [1.807, 2.05) is 0 Å². The summed E-state index contributed by atoms with van der Waals surface area (Å²) in [5.74, 6) is 0.662. The van der Waals surface area contributed by atoms with Gasteiger partial charge >= 0.3 is 0 Å².